The summed E-state index contributed by atoms with van der Waals surface area (Å²) in [5, 5.41) is 3.31. The van der Waals surface area contributed by atoms with E-state index in [4.69, 9.17) is 0 Å². The van der Waals surface area contributed by atoms with E-state index in [1.54, 1.807) is 11.1 Å². The molecule has 2 amide bonds. The van der Waals surface area contributed by atoms with Crippen LogP contribution in [-0.4, -0.2) is 45.8 Å². The van der Waals surface area contributed by atoms with Crippen LogP contribution in [0.1, 0.15) is 54.7 Å². The second kappa shape index (κ2) is 9.80. The van der Waals surface area contributed by atoms with Crippen molar-refractivity contribution in [3.63, 3.8) is 0 Å². The zero-order valence-corrected chi connectivity index (χ0v) is 19.3. The number of aromatic nitrogens is 2. The summed E-state index contributed by atoms with van der Waals surface area (Å²) in [5.74, 6) is 1.31. The van der Waals surface area contributed by atoms with Crippen LogP contribution in [0.2, 0.25) is 0 Å². The Hall–Kier alpha value is -2.76. The SMILES string of the molecule is Cc1ccccc1CCN(CC1CC2C(C)CCC(C)C2NC1=O)C(=O)c1cnccn1. The largest absolute Gasteiger partial charge is 0.353 e. The van der Waals surface area contributed by atoms with Crippen molar-refractivity contribution in [3.05, 3.63) is 59.7 Å². The molecule has 2 heterocycles. The van der Waals surface area contributed by atoms with Gasteiger partial charge in [-0.25, -0.2) is 4.98 Å². The zero-order chi connectivity index (χ0) is 22.7. The van der Waals surface area contributed by atoms with E-state index in [2.05, 4.69) is 48.2 Å². The van der Waals surface area contributed by atoms with Gasteiger partial charge < -0.3 is 10.2 Å². The summed E-state index contributed by atoms with van der Waals surface area (Å²) in [5.41, 5.74) is 2.75. The molecule has 1 N–H and O–H groups in total. The molecule has 5 atom stereocenters. The number of nitrogens with one attached hydrogen (secondary N) is 1. The summed E-state index contributed by atoms with van der Waals surface area (Å²) >= 11 is 0. The topological polar surface area (TPSA) is 75.2 Å². The highest BCUT2D eigenvalue weighted by Crippen LogP contribution is 2.40. The summed E-state index contributed by atoms with van der Waals surface area (Å²) in [6, 6.07) is 8.50. The Labute approximate surface area is 190 Å². The normalized spacial score (nSPS) is 27.3. The van der Waals surface area contributed by atoms with Gasteiger partial charge in [-0.2, -0.15) is 0 Å². The first-order chi connectivity index (χ1) is 15.4. The van der Waals surface area contributed by atoms with E-state index in [9.17, 15) is 9.59 Å². The fourth-order valence-corrected chi connectivity index (χ4v) is 5.46. The molecule has 4 rings (SSSR count). The molecular weight excluding hydrogens is 400 g/mol. The second-order valence-corrected chi connectivity index (χ2v) is 9.68. The quantitative estimate of drug-likeness (QED) is 0.753. The number of nitrogens with zero attached hydrogens (tertiary/aromatic N) is 3. The predicted molar refractivity (Wildman–Crippen MR) is 124 cm³/mol. The molecule has 2 fully saturated rings. The zero-order valence-electron chi connectivity index (χ0n) is 19.3. The molecule has 1 saturated carbocycles. The lowest BCUT2D eigenvalue weighted by Gasteiger charge is -2.46. The van der Waals surface area contributed by atoms with Crippen molar-refractivity contribution in [1.29, 1.82) is 0 Å². The van der Waals surface area contributed by atoms with Gasteiger partial charge in [0.15, 0.2) is 0 Å². The van der Waals surface area contributed by atoms with Gasteiger partial charge in [-0.05, 0) is 55.1 Å². The Morgan fingerprint density at radius 2 is 1.94 bits per heavy atom. The molecule has 32 heavy (non-hydrogen) atoms. The highest BCUT2D eigenvalue weighted by atomic mass is 16.2. The molecule has 2 aromatic rings. The second-order valence-electron chi connectivity index (χ2n) is 9.68. The van der Waals surface area contributed by atoms with Gasteiger partial charge >= 0.3 is 0 Å². The van der Waals surface area contributed by atoms with Crippen LogP contribution in [0.5, 0.6) is 0 Å². The first kappa shape index (κ1) is 22.4. The molecule has 1 aliphatic carbocycles. The summed E-state index contributed by atoms with van der Waals surface area (Å²) in [7, 11) is 0. The highest BCUT2D eigenvalue weighted by Gasteiger charge is 2.43. The molecule has 0 spiro atoms. The first-order valence-electron chi connectivity index (χ1n) is 11.8. The third-order valence-electron chi connectivity index (χ3n) is 7.54. The maximum Gasteiger partial charge on any atom is 0.274 e. The number of fused-ring (bicyclic) bond motifs is 1. The van der Waals surface area contributed by atoms with Crippen molar-refractivity contribution in [2.75, 3.05) is 13.1 Å². The Balaban J connectivity index is 1.52. The molecule has 2 aliphatic rings. The van der Waals surface area contributed by atoms with Gasteiger partial charge in [0.1, 0.15) is 5.69 Å². The lowest BCUT2D eigenvalue weighted by atomic mass is 9.66. The van der Waals surface area contributed by atoms with Crippen molar-refractivity contribution in [2.24, 2.45) is 23.7 Å². The van der Waals surface area contributed by atoms with Crippen molar-refractivity contribution in [1.82, 2.24) is 20.2 Å². The van der Waals surface area contributed by atoms with Crippen LogP contribution >= 0.6 is 0 Å². The third kappa shape index (κ3) is 4.84. The number of hydrogen-bond acceptors (Lipinski definition) is 4. The van der Waals surface area contributed by atoms with Gasteiger partial charge in [0.05, 0.1) is 12.1 Å². The lowest BCUT2D eigenvalue weighted by Crippen LogP contribution is -2.57. The maximum absolute atomic E-state index is 13.3. The van der Waals surface area contributed by atoms with Gasteiger partial charge in [0, 0.05) is 31.5 Å². The van der Waals surface area contributed by atoms with Crippen molar-refractivity contribution < 1.29 is 9.59 Å². The van der Waals surface area contributed by atoms with Crippen molar-refractivity contribution in [2.45, 2.75) is 52.5 Å². The highest BCUT2D eigenvalue weighted by molar-refractivity contribution is 5.92. The minimum atomic E-state index is -0.193. The number of aryl methyl sites for hydroxylation is 1. The van der Waals surface area contributed by atoms with Crippen LogP contribution in [0.15, 0.2) is 42.9 Å². The number of piperidine rings is 1. The fourth-order valence-electron chi connectivity index (χ4n) is 5.46. The number of carbonyl (C=O) groups is 2. The summed E-state index contributed by atoms with van der Waals surface area (Å²) in [4.78, 5) is 36.5. The molecule has 6 heteroatoms. The van der Waals surface area contributed by atoms with Crippen LogP contribution < -0.4 is 5.32 Å². The van der Waals surface area contributed by atoms with Crippen molar-refractivity contribution >= 4 is 11.8 Å². The van der Waals surface area contributed by atoms with Crippen LogP contribution in [0.3, 0.4) is 0 Å². The molecule has 6 nitrogen and oxygen atoms in total. The van der Waals surface area contributed by atoms with Gasteiger partial charge in [0.25, 0.3) is 5.91 Å². The minimum absolute atomic E-state index is 0.0834. The summed E-state index contributed by atoms with van der Waals surface area (Å²) in [6.45, 7) is 7.60. The molecule has 170 valence electrons. The number of benzene rings is 1. The lowest BCUT2D eigenvalue weighted by molar-refractivity contribution is -0.132. The van der Waals surface area contributed by atoms with Gasteiger partial charge in [-0.1, -0.05) is 44.5 Å². The van der Waals surface area contributed by atoms with E-state index in [0.717, 1.165) is 12.8 Å². The van der Waals surface area contributed by atoms with E-state index in [-0.39, 0.29) is 23.8 Å². The summed E-state index contributed by atoms with van der Waals surface area (Å²) < 4.78 is 0. The summed E-state index contributed by atoms with van der Waals surface area (Å²) in [6.07, 6.45) is 8.57. The van der Waals surface area contributed by atoms with E-state index in [1.807, 2.05) is 12.1 Å². The van der Waals surface area contributed by atoms with Gasteiger partial charge in [-0.3, -0.25) is 14.6 Å². The Morgan fingerprint density at radius 1 is 1.16 bits per heavy atom. The van der Waals surface area contributed by atoms with Gasteiger partial charge in [-0.15, -0.1) is 0 Å². The van der Waals surface area contributed by atoms with Crippen LogP contribution in [-0.2, 0) is 11.2 Å². The molecular formula is C26H34N4O2. The minimum Gasteiger partial charge on any atom is -0.353 e. The number of hydrogen-bond donors (Lipinski definition) is 1. The van der Waals surface area contributed by atoms with Crippen LogP contribution in [0.25, 0.3) is 0 Å². The molecule has 1 aliphatic heterocycles. The van der Waals surface area contributed by atoms with E-state index >= 15 is 0 Å². The molecule has 0 bridgehead atoms. The van der Waals surface area contributed by atoms with E-state index < -0.39 is 0 Å². The molecule has 0 radical (unpaired) electrons. The standard InChI is InChI=1S/C26H34N4O2/c1-17-6-4-5-7-20(17)10-13-30(26(32)23-15-27-11-12-28-23)16-21-14-22-18(2)8-9-19(3)24(22)29-25(21)31/h4-7,11-12,15,18-19,21-22,24H,8-10,13-14,16H2,1-3H3,(H,29,31). The molecule has 1 saturated heterocycles. The maximum atomic E-state index is 13.3. The van der Waals surface area contributed by atoms with Crippen LogP contribution in [0, 0.1) is 30.6 Å². The molecule has 1 aromatic carbocycles. The molecule has 5 unspecified atom stereocenters. The average molecular weight is 435 g/mol. The molecule has 1 aromatic heterocycles. The van der Waals surface area contributed by atoms with Crippen LogP contribution in [0.4, 0.5) is 0 Å². The Kier molecular flexibility index (Phi) is 6.87. The third-order valence-corrected chi connectivity index (χ3v) is 7.54. The Bertz CT molecular complexity index is 948. The predicted octanol–water partition coefficient (Wildman–Crippen LogP) is 3.66. The number of carbonyl (C=O) groups excluding carboxylic acids is 2. The van der Waals surface area contributed by atoms with E-state index in [1.165, 1.54) is 36.4 Å². The monoisotopic (exact) mass is 434 g/mol. The smallest absolute Gasteiger partial charge is 0.274 e. The van der Waals surface area contributed by atoms with E-state index in [0.29, 0.717) is 36.5 Å². The van der Waals surface area contributed by atoms with Crippen molar-refractivity contribution in [3.8, 4) is 0 Å². The number of rotatable bonds is 6. The fraction of sp³-hybridized carbons (Fsp3) is 0.538. The van der Waals surface area contributed by atoms with Gasteiger partial charge in [0.2, 0.25) is 5.91 Å². The first-order valence-corrected chi connectivity index (χ1v) is 11.8. The number of amides is 2. The average Bonchev–Trinajstić information content (AvgIpc) is 2.81. The Morgan fingerprint density at radius 3 is 2.69 bits per heavy atom.